The van der Waals surface area contributed by atoms with Gasteiger partial charge in [0.1, 0.15) is 11.5 Å². The van der Waals surface area contributed by atoms with Crippen LogP contribution in [-0.2, 0) is 4.74 Å². The van der Waals surface area contributed by atoms with Crippen molar-refractivity contribution in [1.82, 2.24) is 15.5 Å². The molecule has 0 amide bonds. The number of rotatable bonds is 11. The van der Waals surface area contributed by atoms with Gasteiger partial charge in [0.05, 0.1) is 31.4 Å². The molecule has 1 atom stereocenters. The van der Waals surface area contributed by atoms with Gasteiger partial charge in [-0.1, -0.05) is 26.7 Å². The highest BCUT2D eigenvalue weighted by molar-refractivity contribution is 5.79. The molecule has 2 rings (SSSR count). The number of hydrogen-bond acceptors (Lipinski definition) is 5. The maximum Gasteiger partial charge on any atom is 0.191 e. The molecule has 3 N–H and O–H groups in total. The Labute approximate surface area is 175 Å². The quantitative estimate of drug-likeness (QED) is 0.386. The number of aliphatic imine (C=N–C) groups is 1. The number of ether oxygens (including phenoxy) is 1. The molecule has 1 aliphatic rings. The monoisotopic (exact) mass is 408 g/mol. The number of hydrogen-bond donors (Lipinski definition) is 3. The summed E-state index contributed by atoms with van der Waals surface area (Å²) in [6.45, 7) is 13.3. The number of aryl methyl sites for hydroxylation is 1. The van der Waals surface area contributed by atoms with Crippen molar-refractivity contribution in [1.29, 1.82) is 0 Å². The number of morpholine rings is 1. The van der Waals surface area contributed by atoms with Gasteiger partial charge >= 0.3 is 0 Å². The molecule has 0 bridgehead atoms. The topological polar surface area (TPSA) is 82.3 Å². The van der Waals surface area contributed by atoms with Gasteiger partial charge in [-0.05, 0) is 38.8 Å². The molecule has 1 aliphatic heterocycles. The lowest BCUT2D eigenvalue weighted by atomic mass is 9.93. The lowest BCUT2D eigenvalue weighted by molar-refractivity contribution is 0.0124. The van der Waals surface area contributed by atoms with Gasteiger partial charge in [-0.3, -0.25) is 9.89 Å². The summed E-state index contributed by atoms with van der Waals surface area (Å²) in [6.07, 6.45) is 3.44. The van der Waals surface area contributed by atoms with Crippen molar-refractivity contribution in [3.05, 3.63) is 23.7 Å². The minimum Gasteiger partial charge on any atom is -0.465 e. The van der Waals surface area contributed by atoms with E-state index in [1.54, 1.807) is 0 Å². The van der Waals surface area contributed by atoms with Crippen LogP contribution in [0, 0.1) is 6.92 Å². The maximum absolute atomic E-state index is 10.9. The Hall–Kier alpha value is -1.57. The third-order valence-corrected chi connectivity index (χ3v) is 5.35. The van der Waals surface area contributed by atoms with E-state index in [0.29, 0.717) is 13.1 Å². The van der Waals surface area contributed by atoms with Crippen LogP contribution in [0.4, 0.5) is 0 Å². The van der Waals surface area contributed by atoms with Gasteiger partial charge in [-0.25, -0.2) is 0 Å². The van der Waals surface area contributed by atoms with Crippen LogP contribution in [0.2, 0.25) is 0 Å². The summed E-state index contributed by atoms with van der Waals surface area (Å²) in [5, 5.41) is 17.7. The summed E-state index contributed by atoms with van der Waals surface area (Å²) >= 11 is 0. The fourth-order valence-corrected chi connectivity index (χ4v) is 3.91. The van der Waals surface area contributed by atoms with Gasteiger partial charge in [0.25, 0.3) is 0 Å². The van der Waals surface area contributed by atoms with E-state index in [1.807, 2.05) is 13.0 Å². The van der Waals surface area contributed by atoms with E-state index in [0.717, 1.165) is 76.0 Å². The van der Waals surface area contributed by atoms with E-state index in [1.165, 1.54) is 0 Å². The van der Waals surface area contributed by atoms with Gasteiger partial charge in [0, 0.05) is 26.2 Å². The predicted octanol–water partition coefficient (Wildman–Crippen LogP) is 2.85. The Kier molecular flexibility index (Phi) is 9.97. The van der Waals surface area contributed by atoms with E-state index in [2.05, 4.69) is 42.4 Å². The SMILES string of the molecule is CCCC(O)(CCC)CN=C(NCC)NCC(c1ccc(C)o1)N1CCOCC1. The van der Waals surface area contributed by atoms with Crippen molar-refractivity contribution in [2.45, 2.75) is 65.0 Å². The van der Waals surface area contributed by atoms with Gasteiger partial charge in [-0.2, -0.15) is 0 Å². The van der Waals surface area contributed by atoms with Gasteiger partial charge in [0.2, 0.25) is 0 Å². The first-order valence-electron chi connectivity index (χ1n) is 11.1. The molecule has 1 fully saturated rings. The summed E-state index contributed by atoms with van der Waals surface area (Å²) in [6, 6.07) is 4.18. The molecule has 0 spiro atoms. The second-order valence-corrected chi connectivity index (χ2v) is 7.91. The van der Waals surface area contributed by atoms with Crippen molar-refractivity contribution < 1.29 is 14.3 Å². The Morgan fingerprint density at radius 2 is 1.86 bits per heavy atom. The zero-order valence-corrected chi connectivity index (χ0v) is 18.7. The first-order chi connectivity index (χ1) is 14.0. The average molecular weight is 409 g/mol. The number of nitrogens with one attached hydrogen (secondary N) is 2. The molecule has 2 heterocycles. The van der Waals surface area contributed by atoms with E-state index in [4.69, 9.17) is 14.1 Å². The zero-order valence-electron chi connectivity index (χ0n) is 18.7. The van der Waals surface area contributed by atoms with Crippen LogP contribution >= 0.6 is 0 Å². The smallest absolute Gasteiger partial charge is 0.191 e. The molecule has 0 aromatic carbocycles. The molecule has 1 aromatic heterocycles. The minimum absolute atomic E-state index is 0.113. The van der Waals surface area contributed by atoms with Crippen LogP contribution in [0.1, 0.15) is 64.0 Å². The molecule has 1 aromatic rings. The van der Waals surface area contributed by atoms with Gasteiger partial charge in [-0.15, -0.1) is 0 Å². The Morgan fingerprint density at radius 3 is 2.41 bits per heavy atom. The fraction of sp³-hybridized carbons (Fsp3) is 0.773. The zero-order chi connectivity index (χ0) is 21.1. The van der Waals surface area contributed by atoms with Crippen molar-refractivity contribution in [3.63, 3.8) is 0 Å². The van der Waals surface area contributed by atoms with Crippen LogP contribution < -0.4 is 10.6 Å². The first kappa shape index (κ1) is 23.7. The third-order valence-electron chi connectivity index (χ3n) is 5.35. The molecule has 7 heteroatoms. The van der Waals surface area contributed by atoms with Gasteiger partial charge in [0.15, 0.2) is 5.96 Å². The molecule has 0 radical (unpaired) electrons. The summed E-state index contributed by atoms with van der Waals surface area (Å²) < 4.78 is 11.5. The van der Waals surface area contributed by atoms with Crippen molar-refractivity contribution >= 4 is 5.96 Å². The molecule has 1 saturated heterocycles. The molecule has 29 heavy (non-hydrogen) atoms. The van der Waals surface area contributed by atoms with E-state index in [-0.39, 0.29) is 6.04 Å². The molecule has 7 nitrogen and oxygen atoms in total. The fourth-order valence-electron chi connectivity index (χ4n) is 3.91. The summed E-state index contributed by atoms with van der Waals surface area (Å²) in [7, 11) is 0. The van der Waals surface area contributed by atoms with Gasteiger partial charge < -0.3 is 24.9 Å². The van der Waals surface area contributed by atoms with Crippen LogP contribution in [0.25, 0.3) is 0 Å². The standard InChI is InChI=1S/C22H40N4O3/c1-5-10-22(27,11-6-2)17-25-21(23-7-3)24-16-19(20-9-8-18(4)29-20)26-12-14-28-15-13-26/h8-9,19,27H,5-7,10-17H2,1-4H3,(H2,23,24,25). The van der Waals surface area contributed by atoms with Crippen LogP contribution in [0.3, 0.4) is 0 Å². The second kappa shape index (κ2) is 12.2. The molecule has 1 unspecified atom stereocenters. The first-order valence-corrected chi connectivity index (χ1v) is 11.1. The highest BCUT2D eigenvalue weighted by Gasteiger charge is 2.27. The number of aliphatic hydroxyl groups is 1. The number of furan rings is 1. The number of guanidine groups is 1. The minimum atomic E-state index is -0.729. The highest BCUT2D eigenvalue weighted by Crippen LogP contribution is 2.23. The second-order valence-electron chi connectivity index (χ2n) is 7.91. The average Bonchev–Trinajstić information content (AvgIpc) is 3.13. The Morgan fingerprint density at radius 1 is 1.17 bits per heavy atom. The Bertz CT molecular complexity index is 605. The molecule has 166 valence electrons. The normalized spacial score (nSPS) is 17.3. The molecular weight excluding hydrogens is 368 g/mol. The van der Waals surface area contributed by atoms with Crippen LogP contribution in [0.5, 0.6) is 0 Å². The predicted molar refractivity (Wildman–Crippen MR) is 117 cm³/mol. The summed E-state index contributed by atoms with van der Waals surface area (Å²) in [5.41, 5.74) is -0.729. The van der Waals surface area contributed by atoms with E-state index < -0.39 is 5.60 Å². The van der Waals surface area contributed by atoms with Crippen molar-refractivity contribution in [2.75, 3.05) is 45.9 Å². The highest BCUT2D eigenvalue weighted by atomic mass is 16.5. The molecular formula is C22H40N4O3. The Balaban J connectivity index is 2.07. The van der Waals surface area contributed by atoms with Crippen LogP contribution in [-0.4, -0.2) is 67.5 Å². The maximum atomic E-state index is 10.9. The van der Waals surface area contributed by atoms with Crippen molar-refractivity contribution in [2.24, 2.45) is 4.99 Å². The molecule has 0 aliphatic carbocycles. The largest absolute Gasteiger partial charge is 0.465 e. The lowest BCUT2D eigenvalue weighted by Gasteiger charge is -2.33. The summed E-state index contributed by atoms with van der Waals surface area (Å²) in [5.74, 6) is 2.61. The van der Waals surface area contributed by atoms with Crippen LogP contribution in [0.15, 0.2) is 21.5 Å². The van der Waals surface area contributed by atoms with E-state index >= 15 is 0 Å². The van der Waals surface area contributed by atoms with Crippen molar-refractivity contribution in [3.8, 4) is 0 Å². The third kappa shape index (κ3) is 7.64. The molecule has 0 saturated carbocycles. The number of nitrogens with zero attached hydrogens (tertiary/aromatic N) is 2. The van der Waals surface area contributed by atoms with E-state index in [9.17, 15) is 5.11 Å². The lowest BCUT2D eigenvalue weighted by Crippen LogP contribution is -2.46. The summed E-state index contributed by atoms with van der Waals surface area (Å²) in [4.78, 5) is 7.10.